The van der Waals surface area contributed by atoms with Crippen LogP contribution in [0.25, 0.3) is 11.1 Å². The zero-order valence-electron chi connectivity index (χ0n) is 20.5. The zero-order valence-corrected chi connectivity index (χ0v) is 20.5. The average molecular weight is 488 g/mol. The molecule has 6 heteroatoms. The number of fused-ring (bicyclic) bond motifs is 1. The van der Waals surface area contributed by atoms with E-state index in [0.29, 0.717) is 24.0 Å². The number of hydrogen-bond acceptors (Lipinski definition) is 5. The Morgan fingerprint density at radius 2 is 1.89 bits per heavy atom. The van der Waals surface area contributed by atoms with Gasteiger partial charge >= 0.3 is 0 Å². The lowest BCUT2D eigenvalue weighted by atomic mass is 9.86. The lowest BCUT2D eigenvalue weighted by Gasteiger charge is -2.31. The van der Waals surface area contributed by atoms with E-state index < -0.39 is 17.7 Å². The Bertz CT molecular complexity index is 1330. The molecule has 0 radical (unpaired) electrons. The van der Waals surface area contributed by atoms with Crippen LogP contribution < -0.4 is 9.47 Å². The fourth-order valence-corrected chi connectivity index (χ4v) is 4.90. The molecular formula is C30H30FNO4. The van der Waals surface area contributed by atoms with E-state index in [-0.39, 0.29) is 5.75 Å². The maximum atomic E-state index is 14.3. The molecule has 2 N–H and O–H groups in total. The summed E-state index contributed by atoms with van der Waals surface area (Å²) in [5.74, 6) is 0.424. The van der Waals surface area contributed by atoms with Crippen LogP contribution in [0.3, 0.4) is 0 Å². The summed E-state index contributed by atoms with van der Waals surface area (Å²) < 4.78 is 26.8. The predicted molar refractivity (Wildman–Crippen MR) is 139 cm³/mol. The Morgan fingerprint density at radius 1 is 1.11 bits per heavy atom. The van der Waals surface area contributed by atoms with Crippen molar-refractivity contribution in [1.29, 1.82) is 0 Å². The summed E-state index contributed by atoms with van der Waals surface area (Å²) in [6, 6.07) is 17.3. The monoisotopic (exact) mass is 487 g/mol. The summed E-state index contributed by atoms with van der Waals surface area (Å²) in [5, 5.41) is 19.7. The van der Waals surface area contributed by atoms with Crippen LogP contribution >= 0.6 is 0 Å². The van der Waals surface area contributed by atoms with Crippen LogP contribution in [0.4, 0.5) is 4.39 Å². The molecule has 0 aliphatic carbocycles. The van der Waals surface area contributed by atoms with Gasteiger partial charge in [-0.3, -0.25) is 4.90 Å². The number of benzene rings is 3. The molecule has 2 aliphatic rings. The third-order valence-electron chi connectivity index (χ3n) is 7.01. The van der Waals surface area contributed by atoms with E-state index in [9.17, 15) is 14.6 Å². The smallest absolute Gasteiger partial charge is 0.165 e. The Kier molecular flexibility index (Phi) is 6.46. The minimum Gasteiger partial charge on any atom is -0.508 e. The zero-order chi connectivity index (χ0) is 25.4. The highest BCUT2D eigenvalue weighted by molar-refractivity contribution is 5.95. The molecule has 1 fully saturated rings. The van der Waals surface area contributed by atoms with Gasteiger partial charge in [0.05, 0.1) is 0 Å². The Balaban J connectivity index is 1.42. The standard InChI is InChI=1S/C30H30FNO4/c1-18-12-13-32(16-18)19(2)17-35-24-8-4-21(5-9-24)30-29(22-6-10-27(34)26(31)14-22)20(3)25-15-23(33)7-11-28(25)36-30/h4-11,14-15,19,30,33-34H,1,12-13,16-17H2,2-3H3/t19-,30?/m0/s1. The lowest BCUT2D eigenvalue weighted by molar-refractivity contribution is 0.175. The molecule has 3 aromatic carbocycles. The Labute approximate surface area is 210 Å². The molecule has 1 unspecified atom stereocenters. The first-order chi connectivity index (χ1) is 17.3. The lowest BCUT2D eigenvalue weighted by Crippen LogP contribution is -2.34. The van der Waals surface area contributed by atoms with Crippen LogP contribution in [-0.4, -0.2) is 40.9 Å². The molecule has 1 saturated heterocycles. The molecule has 0 amide bonds. The van der Waals surface area contributed by atoms with E-state index in [1.807, 2.05) is 31.2 Å². The first-order valence-corrected chi connectivity index (χ1v) is 12.1. The summed E-state index contributed by atoms with van der Waals surface area (Å²) in [6.45, 7) is 10.7. The van der Waals surface area contributed by atoms with Gasteiger partial charge < -0.3 is 19.7 Å². The van der Waals surface area contributed by atoms with Crippen LogP contribution in [0.2, 0.25) is 0 Å². The van der Waals surface area contributed by atoms with Crippen molar-refractivity contribution in [3.63, 3.8) is 0 Å². The minimum absolute atomic E-state index is 0.125. The number of phenols is 2. The van der Waals surface area contributed by atoms with Gasteiger partial charge in [0, 0.05) is 30.3 Å². The summed E-state index contributed by atoms with van der Waals surface area (Å²) >= 11 is 0. The first kappa shape index (κ1) is 23.9. The number of aromatic hydroxyl groups is 2. The second kappa shape index (κ2) is 9.70. The molecule has 36 heavy (non-hydrogen) atoms. The van der Waals surface area contributed by atoms with E-state index in [0.717, 1.165) is 47.5 Å². The molecule has 0 aromatic heterocycles. The van der Waals surface area contributed by atoms with Crippen LogP contribution in [0, 0.1) is 5.82 Å². The number of rotatable bonds is 6. The van der Waals surface area contributed by atoms with Gasteiger partial charge in [-0.25, -0.2) is 4.39 Å². The van der Waals surface area contributed by atoms with Crippen LogP contribution in [0.1, 0.15) is 43.1 Å². The van der Waals surface area contributed by atoms with E-state index in [1.54, 1.807) is 24.3 Å². The number of allylic oxidation sites excluding steroid dienone is 1. The summed E-state index contributed by atoms with van der Waals surface area (Å²) in [4.78, 5) is 2.37. The van der Waals surface area contributed by atoms with Crippen LogP contribution in [-0.2, 0) is 0 Å². The molecule has 0 saturated carbocycles. The maximum Gasteiger partial charge on any atom is 0.165 e. The number of halogens is 1. The normalized spacial score (nSPS) is 18.6. The average Bonchev–Trinajstić information content (AvgIpc) is 3.31. The summed E-state index contributed by atoms with van der Waals surface area (Å²) in [7, 11) is 0. The number of nitrogens with zero attached hydrogens (tertiary/aromatic N) is 1. The number of hydrogen-bond donors (Lipinski definition) is 2. The van der Waals surface area contributed by atoms with Gasteiger partial charge in [-0.15, -0.1) is 0 Å². The minimum atomic E-state index is -0.701. The molecule has 5 nitrogen and oxygen atoms in total. The van der Waals surface area contributed by atoms with Gasteiger partial charge in [0.25, 0.3) is 0 Å². The molecule has 2 heterocycles. The molecule has 0 bridgehead atoms. The van der Waals surface area contributed by atoms with E-state index in [2.05, 4.69) is 18.4 Å². The van der Waals surface area contributed by atoms with Gasteiger partial charge in [-0.1, -0.05) is 30.4 Å². The second-order valence-corrected chi connectivity index (χ2v) is 9.58. The molecule has 2 aliphatic heterocycles. The molecule has 3 aromatic rings. The van der Waals surface area contributed by atoms with Gasteiger partial charge in [-0.05, 0) is 79.4 Å². The number of likely N-dealkylation sites (tertiary alicyclic amines) is 1. The second-order valence-electron chi connectivity index (χ2n) is 9.58. The summed E-state index contributed by atoms with van der Waals surface area (Å²) in [6.07, 6.45) is 0.540. The van der Waals surface area contributed by atoms with Crippen molar-refractivity contribution in [3.8, 4) is 23.0 Å². The fourth-order valence-electron chi connectivity index (χ4n) is 4.90. The number of phenolic OH excluding ortho intramolecular Hbond substituents is 2. The highest BCUT2D eigenvalue weighted by Crippen LogP contribution is 2.47. The third kappa shape index (κ3) is 4.69. The van der Waals surface area contributed by atoms with Gasteiger partial charge in [0.2, 0.25) is 0 Å². The summed E-state index contributed by atoms with van der Waals surface area (Å²) in [5.41, 5.74) is 5.12. The van der Waals surface area contributed by atoms with Gasteiger partial charge in [0.1, 0.15) is 30.0 Å². The quantitative estimate of drug-likeness (QED) is 0.398. The van der Waals surface area contributed by atoms with Crippen molar-refractivity contribution in [2.24, 2.45) is 0 Å². The van der Waals surface area contributed by atoms with Crippen LogP contribution in [0.15, 0.2) is 72.8 Å². The Morgan fingerprint density at radius 3 is 2.58 bits per heavy atom. The molecule has 2 atom stereocenters. The SMILES string of the molecule is C=C1CCN([C@@H](C)COc2ccc(C3Oc4ccc(O)cc4C(C)=C3c3ccc(O)c(F)c3)cc2)C1. The van der Waals surface area contributed by atoms with Crippen molar-refractivity contribution < 1.29 is 24.1 Å². The molecule has 0 spiro atoms. The maximum absolute atomic E-state index is 14.3. The topological polar surface area (TPSA) is 62.2 Å². The highest BCUT2D eigenvalue weighted by atomic mass is 19.1. The van der Waals surface area contributed by atoms with Crippen molar-refractivity contribution >= 4 is 11.1 Å². The van der Waals surface area contributed by atoms with Crippen molar-refractivity contribution in [2.45, 2.75) is 32.4 Å². The van der Waals surface area contributed by atoms with Crippen molar-refractivity contribution in [3.05, 3.63) is 95.3 Å². The van der Waals surface area contributed by atoms with Crippen LogP contribution in [0.5, 0.6) is 23.0 Å². The van der Waals surface area contributed by atoms with Gasteiger partial charge in [-0.2, -0.15) is 0 Å². The number of ether oxygens (including phenoxy) is 2. The fraction of sp³-hybridized carbons (Fsp3) is 0.267. The third-order valence-corrected chi connectivity index (χ3v) is 7.01. The largest absolute Gasteiger partial charge is 0.508 e. The molecule has 5 rings (SSSR count). The van der Waals surface area contributed by atoms with E-state index >= 15 is 0 Å². The van der Waals surface area contributed by atoms with Crippen molar-refractivity contribution in [1.82, 2.24) is 4.90 Å². The predicted octanol–water partition coefficient (Wildman–Crippen LogP) is 6.33. The highest BCUT2D eigenvalue weighted by Gasteiger charge is 2.30. The van der Waals surface area contributed by atoms with Crippen molar-refractivity contribution in [2.75, 3.05) is 19.7 Å². The van der Waals surface area contributed by atoms with E-state index in [1.165, 1.54) is 17.7 Å². The molecular weight excluding hydrogens is 457 g/mol. The van der Waals surface area contributed by atoms with E-state index in [4.69, 9.17) is 9.47 Å². The Hall–Kier alpha value is -3.77. The molecule has 186 valence electrons. The van der Waals surface area contributed by atoms with Gasteiger partial charge in [0.15, 0.2) is 11.6 Å². The first-order valence-electron chi connectivity index (χ1n) is 12.1.